The minimum absolute atomic E-state index is 0.0873. The molecule has 1 aliphatic heterocycles. The summed E-state index contributed by atoms with van der Waals surface area (Å²) in [6.45, 7) is 1.87. The van der Waals surface area contributed by atoms with E-state index in [4.69, 9.17) is 0 Å². The van der Waals surface area contributed by atoms with E-state index >= 15 is 0 Å². The molecule has 0 saturated carbocycles. The second-order valence-electron chi connectivity index (χ2n) is 5.92. The second-order valence-corrected chi connectivity index (χ2v) is 8.62. The van der Waals surface area contributed by atoms with Crippen LogP contribution < -0.4 is 10.0 Å². The Balaban J connectivity index is 1.67. The Kier molecular flexibility index (Phi) is 5.48. The maximum atomic E-state index is 12.4. The molecule has 1 aliphatic rings. The predicted molar refractivity (Wildman–Crippen MR) is 95.9 cm³/mol. The molecule has 1 aromatic heterocycles. The van der Waals surface area contributed by atoms with E-state index in [9.17, 15) is 13.2 Å². The molecule has 1 aromatic carbocycles. The number of thiazole rings is 1. The van der Waals surface area contributed by atoms with Crippen LogP contribution in [0.15, 0.2) is 40.7 Å². The molecule has 0 unspecified atom stereocenters. The number of nitrogens with one attached hydrogen (secondary N) is 2. The SMILES string of the molecule is CN(Cc1nccs1)C(=O)c1ccc(S(=O)(=O)N[C@@H]2CCNC2)cc1. The van der Waals surface area contributed by atoms with E-state index in [1.807, 2.05) is 5.38 Å². The summed E-state index contributed by atoms with van der Waals surface area (Å²) >= 11 is 1.49. The average molecular weight is 380 g/mol. The van der Waals surface area contributed by atoms with E-state index in [1.54, 1.807) is 30.3 Å². The predicted octanol–water partition coefficient (Wildman–Crippen LogP) is 1.06. The van der Waals surface area contributed by atoms with Gasteiger partial charge in [-0.1, -0.05) is 0 Å². The van der Waals surface area contributed by atoms with Crippen molar-refractivity contribution >= 4 is 27.3 Å². The molecule has 2 N–H and O–H groups in total. The fraction of sp³-hybridized carbons (Fsp3) is 0.375. The number of aromatic nitrogens is 1. The molecule has 2 aromatic rings. The number of hydrogen-bond donors (Lipinski definition) is 2. The zero-order chi connectivity index (χ0) is 17.9. The Bertz CT molecular complexity index is 814. The molecule has 0 radical (unpaired) electrons. The van der Waals surface area contributed by atoms with Crippen LogP contribution in [-0.2, 0) is 16.6 Å². The zero-order valence-corrected chi connectivity index (χ0v) is 15.4. The molecule has 7 nitrogen and oxygen atoms in total. The topological polar surface area (TPSA) is 91.4 Å². The second kappa shape index (κ2) is 7.61. The fourth-order valence-corrected chi connectivity index (χ4v) is 4.58. The van der Waals surface area contributed by atoms with Crippen molar-refractivity contribution in [3.8, 4) is 0 Å². The average Bonchev–Trinajstić information content (AvgIpc) is 3.28. The van der Waals surface area contributed by atoms with Crippen molar-refractivity contribution in [2.24, 2.45) is 0 Å². The fourth-order valence-electron chi connectivity index (χ4n) is 2.65. The summed E-state index contributed by atoms with van der Waals surface area (Å²) in [6.07, 6.45) is 2.47. The van der Waals surface area contributed by atoms with Crippen LogP contribution in [0.2, 0.25) is 0 Å². The molecule has 3 rings (SSSR count). The number of hydrogen-bond acceptors (Lipinski definition) is 6. The first-order valence-electron chi connectivity index (χ1n) is 7.92. The molecular weight excluding hydrogens is 360 g/mol. The van der Waals surface area contributed by atoms with Gasteiger partial charge in [0.25, 0.3) is 5.91 Å². The first kappa shape index (κ1) is 18.0. The lowest BCUT2D eigenvalue weighted by Crippen LogP contribution is -2.36. The van der Waals surface area contributed by atoms with Crippen molar-refractivity contribution in [1.29, 1.82) is 0 Å². The molecule has 1 fully saturated rings. The van der Waals surface area contributed by atoms with E-state index in [1.165, 1.54) is 23.5 Å². The molecule has 1 saturated heterocycles. The van der Waals surface area contributed by atoms with Gasteiger partial charge in [0, 0.05) is 36.8 Å². The van der Waals surface area contributed by atoms with Gasteiger partial charge >= 0.3 is 0 Å². The van der Waals surface area contributed by atoms with Crippen molar-refractivity contribution in [2.75, 3.05) is 20.1 Å². The van der Waals surface area contributed by atoms with Gasteiger partial charge in [-0.15, -0.1) is 11.3 Å². The molecule has 9 heteroatoms. The molecule has 1 atom stereocenters. The minimum Gasteiger partial charge on any atom is -0.335 e. The lowest BCUT2D eigenvalue weighted by atomic mass is 10.2. The molecule has 25 heavy (non-hydrogen) atoms. The van der Waals surface area contributed by atoms with E-state index < -0.39 is 10.0 Å². The highest BCUT2D eigenvalue weighted by molar-refractivity contribution is 7.89. The lowest BCUT2D eigenvalue weighted by molar-refractivity contribution is 0.0785. The van der Waals surface area contributed by atoms with Gasteiger partial charge in [0.15, 0.2) is 0 Å². The van der Waals surface area contributed by atoms with Crippen LogP contribution in [0.25, 0.3) is 0 Å². The first-order valence-corrected chi connectivity index (χ1v) is 10.3. The largest absolute Gasteiger partial charge is 0.335 e. The Labute approximate surface area is 151 Å². The Morgan fingerprint density at radius 2 is 2.16 bits per heavy atom. The van der Waals surface area contributed by atoms with Gasteiger partial charge in [0.2, 0.25) is 10.0 Å². The van der Waals surface area contributed by atoms with Crippen LogP contribution in [0.4, 0.5) is 0 Å². The van der Waals surface area contributed by atoms with Gasteiger partial charge in [-0.3, -0.25) is 4.79 Å². The standard InChI is InChI=1S/C16H20N4O3S2/c1-20(11-15-18-8-9-24-15)16(21)12-2-4-14(5-3-12)25(22,23)19-13-6-7-17-10-13/h2-5,8-9,13,17,19H,6-7,10-11H2,1H3/t13-/m1/s1. The number of nitrogens with zero attached hydrogens (tertiary/aromatic N) is 2. The van der Waals surface area contributed by atoms with Crippen LogP contribution in [-0.4, -0.2) is 50.4 Å². The monoisotopic (exact) mass is 380 g/mol. The van der Waals surface area contributed by atoms with Crippen molar-refractivity contribution in [1.82, 2.24) is 19.9 Å². The molecule has 1 amide bonds. The van der Waals surface area contributed by atoms with E-state index in [0.717, 1.165) is 18.0 Å². The van der Waals surface area contributed by atoms with Gasteiger partial charge in [-0.05, 0) is 37.2 Å². The molecule has 0 bridgehead atoms. The number of rotatable bonds is 6. The van der Waals surface area contributed by atoms with Crippen LogP contribution in [0.5, 0.6) is 0 Å². The molecule has 2 heterocycles. The Morgan fingerprint density at radius 3 is 2.76 bits per heavy atom. The maximum absolute atomic E-state index is 12.4. The third kappa shape index (κ3) is 4.43. The van der Waals surface area contributed by atoms with Crippen LogP contribution >= 0.6 is 11.3 Å². The Morgan fingerprint density at radius 1 is 1.40 bits per heavy atom. The summed E-state index contributed by atoms with van der Waals surface area (Å²) in [5, 5.41) is 5.83. The van der Waals surface area contributed by atoms with Crippen molar-refractivity contribution in [3.63, 3.8) is 0 Å². The molecule has 134 valence electrons. The number of amides is 1. The van der Waals surface area contributed by atoms with E-state index in [2.05, 4.69) is 15.0 Å². The summed E-state index contributed by atoms with van der Waals surface area (Å²) < 4.78 is 27.4. The number of carbonyl (C=O) groups is 1. The smallest absolute Gasteiger partial charge is 0.253 e. The Hall–Kier alpha value is -1.81. The number of benzene rings is 1. The molecule has 0 aliphatic carbocycles. The van der Waals surface area contributed by atoms with Crippen LogP contribution in [0, 0.1) is 0 Å². The van der Waals surface area contributed by atoms with Crippen LogP contribution in [0.1, 0.15) is 21.8 Å². The highest BCUT2D eigenvalue weighted by Crippen LogP contribution is 2.15. The van der Waals surface area contributed by atoms with Gasteiger partial charge in [-0.2, -0.15) is 0 Å². The number of sulfonamides is 1. The first-order chi connectivity index (χ1) is 12.0. The summed E-state index contributed by atoms with van der Waals surface area (Å²) in [6, 6.07) is 5.94. The van der Waals surface area contributed by atoms with Crippen LogP contribution in [0.3, 0.4) is 0 Å². The summed E-state index contributed by atoms with van der Waals surface area (Å²) in [5.74, 6) is -0.174. The third-order valence-corrected chi connectivity index (χ3v) is 6.30. The van der Waals surface area contributed by atoms with Gasteiger partial charge in [0.05, 0.1) is 11.4 Å². The van der Waals surface area contributed by atoms with Gasteiger partial charge < -0.3 is 10.2 Å². The quantitative estimate of drug-likeness (QED) is 0.782. The van der Waals surface area contributed by atoms with Gasteiger partial charge in [-0.25, -0.2) is 18.1 Å². The zero-order valence-electron chi connectivity index (χ0n) is 13.8. The normalized spacial score (nSPS) is 17.6. The highest BCUT2D eigenvalue weighted by Gasteiger charge is 2.23. The summed E-state index contributed by atoms with van der Waals surface area (Å²) in [5.41, 5.74) is 0.445. The maximum Gasteiger partial charge on any atom is 0.253 e. The number of carbonyl (C=O) groups excluding carboxylic acids is 1. The lowest BCUT2D eigenvalue weighted by Gasteiger charge is -2.16. The van der Waals surface area contributed by atoms with E-state index in [0.29, 0.717) is 18.7 Å². The minimum atomic E-state index is -3.57. The molecular formula is C16H20N4O3S2. The van der Waals surface area contributed by atoms with Crippen molar-refractivity contribution in [2.45, 2.75) is 23.9 Å². The van der Waals surface area contributed by atoms with Crippen molar-refractivity contribution in [3.05, 3.63) is 46.4 Å². The van der Waals surface area contributed by atoms with E-state index in [-0.39, 0.29) is 16.8 Å². The highest BCUT2D eigenvalue weighted by atomic mass is 32.2. The molecule has 0 spiro atoms. The van der Waals surface area contributed by atoms with Gasteiger partial charge in [0.1, 0.15) is 5.01 Å². The summed E-state index contributed by atoms with van der Waals surface area (Å²) in [7, 11) is -1.87. The summed E-state index contributed by atoms with van der Waals surface area (Å²) in [4.78, 5) is 18.3. The third-order valence-electron chi connectivity index (χ3n) is 4.00. The van der Waals surface area contributed by atoms with Crippen molar-refractivity contribution < 1.29 is 13.2 Å².